The van der Waals surface area contributed by atoms with Crippen molar-refractivity contribution in [1.82, 2.24) is 9.55 Å². The fraction of sp³-hybridized carbons (Fsp3) is 0.357. The van der Waals surface area contributed by atoms with Crippen LogP contribution >= 0.6 is 0 Å². The second-order valence-corrected chi connectivity index (χ2v) is 6.38. The van der Waals surface area contributed by atoms with Crippen molar-refractivity contribution in [2.24, 2.45) is 5.14 Å². The van der Waals surface area contributed by atoms with E-state index in [0.717, 1.165) is 17.9 Å². The molecule has 0 unspecified atom stereocenters. The Labute approximate surface area is 124 Å². The van der Waals surface area contributed by atoms with Gasteiger partial charge in [-0.05, 0) is 44.0 Å². The van der Waals surface area contributed by atoms with Gasteiger partial charge in [-0.25, -0.2) is 18.5 Å². The first-order valence-electron chi connectivity index (χ1n) is 6.59. The average molecular weight is 309 g/mol. The molecule has 1 aromatic carbocycles. The highest BCUT2D eigenvalue weighted by molar-refractivity contribution is 7.89. The molecule has 0 saturated heterocycles. The zero-order valence-corrected chi connectivity index (χ0v) is 13.1. The summed E-state index contributed by atoms with van der Waals surface area (Å²) in [5.74, 6) is 1.45. The minimum absolute atomic E-state index is 0.127. The number of hydrogen-bond donors (Lipinski definition) is 1. The zero-order valence-electron chi connectivity index (χ0n) is 12.3. The zero-order chi connectivity index (χ0) is 15.6. The fourth-order valence-electron chi connectivity index (χ4n) is 2.14. The average Bonchev–Trinajstić information content (AvgIpc) is 2.85. The van der Waals surface area contributed by atoms with E-state index in [2.05, 4.69) is 4.98 Å². The number of rotatable bonds is 5. The van der Waals surface area contributed by atoms with Crippen LogP contribution in [-0.2, 0) is 23.2 Å². The lowest BCUT2D eigenvalue weighted by Gasteiger charge is -2.13. The number of hydrogen-bond acceptors (Lipinski definition) is 4. The quantitative estimate of drug-likeness (QED) is 0.911. The van der Waals surface area contributed by atoms with E-state index in [1.165, 1.54) is 6.07 Å². The number of nitrogens with zero attached hydrogens (tertiary/aromatic N) is 2. The first kappa shape index (κ1) is 15.5. The fourth-order valence-corrected chi connectivity index (χ4v) is 2.98. The van der Waals surface area contributed by atoms with Crippen molar-refractivity contribution in [3.63, 3.8) is 0 Å². The summed E-state index contributed by atoms with van der Waals surface area (Å²) in [6.45, 7) is 6.66. The van der Waals surface area contributed by atoms with Crippen LogP contribution < -0.4 is 9.88 Å². The lowest BCUT2D eigenvalue weighted by molar-refractivity contribution is 0.287. The van der Waals surface area contributed by atoms with Gasteiger partial charge < -0.3 is 9.30 Å². The molecular formula is C14H19N3O3S. The number of aromatic nitrogens is 2. The molecule has 2 rings (SSSR count). The molecule has 0 fully saturated rings. The Morgan fingerprint density at radius 3 is 2.62 bits per heavy atom. The molecule has 0 radical (unpaired) electrons. The molecule has 0 spiro atoms. The van der Waals surface area contributed by atoms with Crippen LogP contribution in [0.1, 0.15) is 23.9 Å². The minimum Gasteiger partial charge on any atom is -0.485 e. The van der Waals surface area contributed by atoms with Crippen molar-refractivity contribution in [2.75, 3.05) is 0 Å². The molecule has 114 valence electrons. The number of benzene rings is 1. The van der Waals surface area contributed by atoms with Gasteiger partial charge >= 0.3 is 0 Å². The number of ether oxygens (including phenoxy) is 1. The highest BCUT2D eigenvalue weighted by Gasteiger charge is 2.15. The van der Waals surface area contributed by atoms with E-state index >= 15 is 0 Å². The predicted molar refractivity (Wildman–Crippen MR) is 79.5 cm³/mol. The first-order chi connectivity index (χ1) is 9.82. The molecule has 1 heterocycles. The maximum absolute atomic E-state index is 11.5. The SMILES string of the molecule is CCn1ccnc1COc1cc(C)c(S(N)(=O)=O)cc1C. The maximum atomic E-state index is 11.5. The highest BCUT2D eigenvalue weighted by Crippen LogP contribution is 2.25. The van der Waals surface area contributed by atoms with Gasteiger partial charge in [0.15, 0.2) is 0 Å². The molecule has 1 aromatic heterocycles. The Hall–Kier alpha value is -1.86. The van der Waals surface area contributed by atoms with E-state index in [1.807, 2.05) is 17.7 Å². The molecule has 0 bridgehead atoms. The lowest BCUT2D eigenvalue weighted by atomic mass is 10.1. The van der Waals surface area contributed by atoms with Crippen LogP contribution in [0.15, 0.2) is 29.4 Å². The van der Waals surface area contributed by atoms with E-state index in [-0.39, 0.29) is 4.90 Å². The van der Waals surface area contributed by atoms with Gasteiger partial charge in [0.25, 0.3) is 0 Å². The molecule has 0 aliphatic heterocycles. The van der Waals surface area contributed by atoms with Gasteiger partial charge in [0, 0.05) is 18.9 Å². The van der Waals surface area contributed by atoms with Crippen molar-refractivity contribution in [2.45, 2.75) is 38.8 Å². The number of nitrogens with two attached hydrogens (primary N) is 1. The summed E-state index contributed by atoms with van der Waals surface area (Å²) < 4.78 is 30.7. The largest absolute Gasteiger partial charge is 0.485 e. The van der Waals surface area contributed by atoms with Crippen LogP contribution in [0.4, 0.5) is 0 Å². The third kappa shape index (κ3) is 3.43. The van der Waals surface area contributed by atoms with E-state index in [0.29, 0.717) is 17.9 Å². The molecule has 2 aromatic rings. The summed E-state index contributed by atoms with van der Waals surface area (Å²) in [5, 5.41) is 5.18. The monoisotopic (exact) mass is 309 g/mol. The minimum atomic E-state index is -3.71. The molecule has 7 heteroatoms. The van der Waals surface area contributed by atoms with Crippen LogP contribution in [-0.4, -0.2) is 18.0 Å². The molecule has 21 heavy (non-hydrogen) atoms. The topological polar surface area (TPSA) is 87.2 Å². The molecular weight excluding hydrogens is 290 g/mol. The molecule has 6 nitrogen and oxygen atoms in total. The van der Waals surface area contributed by atoms with Gasteiger partial charge in [0.1, 0.15) is 18.2 Å². The summed E-state index contributed by atoms with van der Waals surface area (Å²) in [6, 6.07) is 3.22. The number of aryl methyl sites for hydroxylation is 3. The summed E-state index contributed by atoms with van der Waals surface area (Å²) in [6.07, 6.45) is 3.62. The second-order valence-electron chi connectivity index (χ2n) is 4.85. The number of primary sulfonamides is 1. The maximum Gasteiger partial charge on any atom is 0.238 e. The Bertz CT molecular complexity index is 751. The van der Waals surface area contributed by atoms with E-state index < -0.39 is 10.0 Å². The van der Waals surface area contributed by atoms with Crippen LogP contribution in [0.2, 0.25) is 0 Å². The highest BCUT2D eigenvalue weighted by atomic mass is 32.2. The van der Waals surface area contributed by atoms with Gasteiger partial charge in [0.05, 0.1) is 4.90 Å². The standard InChI is InChI=1S/C14H19N3O3S/c1-4-17-6-5-16-14(17)9-20-12-7-11(3)13(8-10(12)2)21(15,18)19/h5-8H,4,9H2,1-3H3,(H2,15,18,19). The van der Waals surface area contributed by atoms with E-state index in [9.17, 15) is 8.42 Å². The predicted octanol–water partition coefficient (Wildman–Crippen LogP) is 1.75. The number of sulfonamides is 1. The van der Waals surface area contributed by atoms with Gasteiger partial charge in [-0.15, -0.1) is 0 Å². The van der Waals surface area contributed by atoms with Crippen molar-refractivity contribution < 1.29 is 13.2 Å². The van der Waals surface area contributed by atoms with Crippen molar-refractivity contribution in [3.05, 3.63) is 41.5 Å². The summed E-state index contributed by atoms with van der Waals surface area (Å²) in [5.41, 5.74) is 1.29. The van der Waals surface area contributed by atoms with Gasteiger partial charge in [-0.2, -0.15) is 0 Å². The van der Waals surface area contributed by atoms with Crippen LogP contribution in [0.25, 0.3) is 0 Å². The van der Waals surface area contributed by atoms with E-state index in [1.54, 1.807) is 26.1 Å². The molecule has 2 N–H and O–H groups in total. The smallest absolute Gasteiger partial charge is 0.238 e. The van der Waals surface area contributed by atoms with Gasteiger partial charge in [-0.3, -0.25) is 0 Å². The summed E-state index contributed by atoms with van der Waals surface area (Å²) in [7, 11) is -3.71. The Morgan fingerprint density at radius 1 is 1.29 bits per heavy atom. The van der Waals surface area contributed by atoms with Crippen molar-refractivity contribution >= 4 is 10.0 Å². The molecule has 0 amide bonds. The Morgan fingerprint density at radius 2 is 2.00 bits per heavy atom. The summed E-state index contributed by atoms with van der Waals surface area (Å²) >= 11 is 0. The summed E-state index contributed by atoms with van der Waals surface area (Å²) in [4.78, 5) is 4.36. The number of imidazole rings is 1. The van der Waals surface area contributed by atoms with Crippen LogP contribution in [0, 0.1) is 13.8 Å². The molecule has 0 aliphatic rings. The third-order valence-electron chi connectivity index (χ3n) is 3.28. The Balaban J connectivity index is 2.24. The van der Waals surface area contributed by atoms with Gasteiger partial charge in [0.2, 0.25) is 10.0 Å². The lowest BCUT2D eigenvalue weighted by Crippen LogP contribution is -2.14. The first-order valence-corrected chi connectivity index (χ1v) is 8.14. The van der Waals surface area contributed by atoms with Gasteiger partial charge in [-0.1, -0.05) is 0 Å². The third-order valence-corrected chi connectivity index (χ3v) is 4.33. The Kier molecular flexibility index (Phi) is 4.34. The van der Waals surface area contributed by atoms with Crippen molar-refractivity contribution in [1.29, 1.82) is 0 Å². The van der Waals surface area contributed by atoms with E-state index in [4.69, 9.17) is 9.88 Å². The molecule has 0 aliphatic carbocycles. The van der Waals surface area contributed by atoms with Crippen molar-refractivity contribution in [3.8, 4) is 5.75 Å². The van der Waals surface area contributed by atoms with Crippen LogP contribution in [0.5, 0.6) is 5.75 Å². The second kappa shape index (κ2) is 5.87. The normalized spacial score (nSPS) is 11.6. The molecule has 0 atom stereocenters. The molecule has 0 saturated carbocycles. The van der Waals surface area contributed by atoms with Crippen LogP contribution in [0.3, 0.4) is 0 Å².